The summed E-state index contributed by atoms with van der Waals surface area (Å²) < 4.78 is 0. The molecule has 0 aromatic heterocycles. The summed E-state index contributed by atoms with van der Waals surface area (Å²) in [5.74, 6) is 2.46. The zero-order valence-electron chi connectivity index (χ0n) is 11.8. The van der Waals surface area contributed by atoms with Crippen molar-refractivity contribution in [1.82, 2.24) is 0 Å². The van der Waals surface area contributed by atoms with Crippen LogP contribution in [-0.2, 0) is 4.79 Å². The first-order valence-electron chi connectivity index (χ1n) is 7.56. The zero-order valence-corrected chi connectivity index (χ0v) is 12.6. The Morgan fingerprint density at radius 3 is 2.55 bits per heavy atom. The molecule has 3 rings (SSSR count). The van der Waals surface area contributed by atoms with Crippen LogP contribution in [0.25, 0.3) is 0 Å². The summed E-state index contributed by atoms with van der Waals surface area (Å²) in [5, 5.41) is 3.04. The van der Waals surface area contributed by atoms with Gasteiger partial charge in [-0.05, 0) is 55.7 Å². The largest absolute Gasteiger partial charge is 0.372 e. The van der Waals surface area contributed by atoms with Gasteiger partial charge in [-0.15, -0.1) is 0 Å². The molecule has 1 aromatic carbocycles. The second-order valence-corrected chi connectivity index (χ2v) is 6.79. The highest BCUT2D eigenvalue weighted by atomic mass is 32.2. The Morgan fingerprint density at radius 2 is 1.90 bits per heavy atom. The van der Waals surface area contributed by atoms with E-state index in [1.807, 2.05) is 23.9 Å². The number of thioether (sulfide) groups is 1. The second-order valence-electron chi connectivity index (χ2n) is 5.64. The molecule has 108 valence electrons. The van der Waals surface area contributed by atoms with Crippen molar-refractivity contribution in [2.24, 2.45) is 5.92 Å². The van der Waals surface area contributed by atoms with E-state index in [-0.39, 0.29) is 11.8 Å². The van der Waals surface area contributed by atoms with Crippen LogP contribution in [-0.4, -0.2) is 30.5 Å². The van der Waals surface area contributed by atoms with E-state index >= 15 is 0 Å². The average molecular weight is 290 g/mol. The maximum absolute atomic E-state index is 12.1. The van der Waals surface area contributed by atoms with Crippen molar-refractivity contribution in [2.75, 3.05) is 34.8 Å². The fourth-order valence-corrected chi connectivity index (χ4v) is 4.11. The predicted octanol–water partition coefficient (Wildman–Crippen LogP) is 3.37. The molecule has 0 radical (unpaired) electrons. The van der Waals surface area contributed by atoms with E-state index in [1.54, 1.807) is 0 Å². The molecule has 2 saturated heterocycles. The maximum atomic E-state index is 12.1. The highest BCUT2D eigenvalue weighted by molar-refractivity contribution is 7.99. The summed E-state index contributed by atoms with van der Waals surface area (Å²) in [6.07, 6.45) is 4.95. The van der Waals surface area contributed by atoms with Gasteiger partial charge in [-0.25, -0.2) is 0 Å². The van der Waals surface area contributed by atoms with Crippen LogP contribution in [0.2, 0.25) is 0 Å². The first-order valence-corrected chi connectivity index (χ1v) is 8.72. The molecule has 4 heteroatoms. The van der Waals surface area contributed by atoms with Crippen LogP contribution in [0.4, 0.5) is 11.4 Å². The number of anilines is 2. The third-order valence-electron chi connectivity index (χ3n) is 4.16. The first kappa shape index (κ1) is 13.8. The van der Waals surface area contributed by atoms with Crippen LogP contribution in [0.5, 0.6) is 0 Å². The first-order chi connectivity index (χ1) is 9.83. The molecule has 1 atom stereocenters. The van der Waals surface area contributed by atoms with Gasteiger partial charge in [0, 0.05) is 36.1 Å². The number of nitrogens with one attached hydrogen (secondary N) is 1. The van der Waals surface area contributed by atoms with Crippen LogP contribution in [0.1, 0.15) is 25.7 Å². The standard InChI is InChI=1S/C16H22N2OS/c19-16(13-8-11-20-12-13)17-14-4-6-15(7-5-14)18-9-2-1-3-10-18/h4-7,13H,1-3,8-12H2,(H,17,19). The smallest absolute Gasteiger partial charge is 0.228 e. The molecule has 0 spiro atoms. The molecule has 2 heterocycles. The normalized spacial score (nSPS) is 22.8. The monoisotopic (exact) mass is 290 g/mol. The van der Waals surface area contributed by atoms with Gasteiger partial charge in [-0.1, -0.05) is 0 Å². The lowest BCUT2D eigenvalue weighted by Crippen LogP contribution is -2.29. The van der Waals surface area contributed by atoms with E-state index in [2.05, 4.69) is 22.3 Å². The Hall–Kier alpha value is -1.16. The Morgan fingerprint density at radius 1 is 1.15 bits per heavy atom. The highest BCUT2D eigenvalue weighted by Gasteiger charge is 2.23. The molecule has 1 unspecified atom stereocenters. The van der Waals surface area contributed by atoms with Crippen molar-refractivity contribution in [3.05, 3.63) is 24.3 Å². The number of benzene rings is 1. The number of amides is 1. The van der Waals surface area contributed by atoms with E-state index in [4.69, 9.17) is 0 Å². The van der Waals surface area contributed by atoms with Gasteiger partial charge < -0.3 is 10.2 Å². The molecule has 2 aliphatic heterocycles. The topological polar surface area (TPSA) is 32.3 Å². The van der Waals surface area contributed by atoms with Gasteiger partial charge in [0.05, 0.1) is 0 Å². The lowest BCUT2D eigenvalue weighted by atomic mass is 10.1. The highest BCUT2D eigenvalue weighted by Crippen LogP contribution is 2.26. The summed E-state index contributed by atoms with van der Waals surface area (Å²) in [7, 11) is 0. The number of carbonyl (C=O) groups excluding carboxylic acids is 1. The SMILES string of the molecule is O=C(Nc1ccc(N2CCCCC2)cc1)C1CCSC1. The van der Waals surface area contributed by atoms with E-state index in [1.165, 1.54) is 24.9 Å². The Bertz CT molecular complexity index is 448. The molecule has 0 aliphatic carbocycles. The van der Waals surface area contributed by atoms with Gasteiger partial charge in [0.15, 0.2) is 0 Å². The van der Waals surface area contributed by atoms with Crippen molar-refractivity contribution in [2.45, 2.75) is 25.7 Å². The molecule has 0 saturated carbocycles. The molecular formula is C16H22N2OS. The van der Waals surface area contributed by atoms with Gasteiger partial charge in [-0.3, -0.25) is 4.79 Å². The summed E-state index contributed by atoms with van der Waals surface area (Å²) in [5.41, 5.74) is 2.20. The number of piperidine rings is 1. The van der Waals surface area contributed by atoms with Crippen molar-refractivity contribution in [3.63, 3.8) is 0 Å². The van der Waals surface area contributed by atoms with Gasteiger partial charge in [0.25, 0.3) is 0 Å². The second kappa shape index (κ2) is 6.53. The number of hydrogen-bond acceptors (Lipinski definition) is 3. The molecule has 0 bridgehead atoms. The third kappa shape index (κ3) is 3.29. The van der Waals surface area contributed by atoms with Crippen LogP contribution in [0.15, 0.2) is 24.3 Å². The average Bonchev–Trinajstić information content (AvgIpc) is 3.03. The molecule has 3 nitrogen and oxygen atoms in total. The third-order valence-corrected chi connectivity index (χ3v) is 5.32. The number of nitrogens with zero attached hydrogens (tertiary/aromatic N) is 1. The van der Waals surface area contributed by atoms with Crippen molar-refractivity contribution in [1.29, 1.82) is 0 Å². The minimum Gasteiger partial charge on any atom is -0.372 e. The summed E-state index contributed by atoms with van der Waals surface area (Å²) in [6.45, 7) is 2.32. The maximum Gasteiger partial charge on any atom is 0.228 e. The van der Waals surface area contributed by atoms with Crippen LogP contribution < -0.4 is 10.2 Å². The zero-order chi connectivity index (χ0) is 13.8. The number of carbonyl (C=O) groups is 1. The van der Waals surface area contributed by atoms with Gasteiger partial charge in [0.2, 0.25) is 5.91 Å². The van der Waals surface area contributed by atoms with Crippen LogP contribution in [0.3, 0.4) is 0 Å². The lowest BCUT2D eigenvalue weighted by molar-refractivity contribution is -0.119. The summed E-state index contributed by atoms with van der Waals surface area (Å²) in [4.78, 5) is 14.5. The summed E-state index contributed by atoms with van der Waals surface area (Å²) in [6, 6.07) is 8.32. The molecule has 1 N–H and O–H groups in total. The van der Waals surface area contributed by atoms with Crippen molar-refractivity contribution >= 4 is 29.0 Å². The van der Waals surface area contributed by atoms with Gasteiger partial charge in [-0.2, -0.15) is 11.8 Å². The van der Waals surface area contributed by atoms with Gasteiger partial charge in [0.1, 0.15) is 0 Å². The predicted molar refractivity (Wildman–Crippen MR) is 86.6 cm³/mol. The number of rotatable bonds is 3. The minimum absolute atomic E-state index is 0.181. The Balaban J connectivity index is 1.59. The van der Waals surface area contributed by atoms with E-state index < -0.39 is 0 Å². The Kier molecular flexibility index (Phi) is 4.51. The fourth-order valence-electron chi connectivity index (χ4n) is 2.89. The molecule has 1 aromatic rings. The van der Waals surface area contributed by atoms with Gasteiger partial charge >= 0.3 is 0 Å². The number of hydrogen-bond donors (Lipinski definition) is 1. The fraction of sp³-hybridized carbons (Fsp3) is 0.562. The molecular weight excluding hydrogens is 268 g/mol. The quantitative estimate of drug-likeness (QED) is 0.926. The molecule has 1 amide bonds. The van der Waals surface area contributed by atoms with E-state index in [0.29, 0.717) is 0 Å². The molecule has 20 heavy (non-hydrogen) atoms. The van der Waals surface area contributed by atoms with Crippen LogP contribution >= 0.6 is 11.8 Å². The van der Waals surface area contributed by atoms with E-state index in [0.717, 1.165) is 36.7 Å². The lowest BCUT2D eigenvalue weighted by Gasteiger charge is -2.28. The van der Waals surface area contributed by atoms with Crippen LogP contribution in [0, 0.1) is 5.92 Å². The van der Waals surface area contributed by atoms with Crippen molar-refractivity contribution < 1.29 is 4.79 Å². The molecule has 2 aliphatic rings. The van der Waals surface area contributed by atoms with E-state index in [9.17, 15) is 4.79 Å². The molecule has 2 fully saturated rings. The Labute approximate surface area is 125 Å². The van der Waals surface area contributed by atoms with Crippen molar-refractivity contribution in [3.8, 4) is 0 Å². The summed E-state index contributed by atoms with van der Waals surface area (Å²) >= 11 is 1.87. The minimum atomic E-state index is 0.181.